The van der Waals surface area contributed by atoms with Crippen molar-refractivity contribution in [3.05, 3.63) is 41.0 Å². The van der Waals surface area contributed by atoms with Crippen molar-refractivity contribution in [2.24, 2.45) is 0 Å². The van der Waals surface area contributed by atoms with Crippen LogP contribution in [0.15, 0.2) is 30.3 Å². The van der Waals surface area contributed by atoms with E-state index in [0.29, 0.717) is 17.5 Å². The van der Waals surface area contributed by atoms with E-state index < -0.39 is 0 Å². The van der Waals surface area contributed by atoms with Crippen LogP contribution in [0.5, 0.6) is 11.5 Å². The molecule has 3 rings (SSSR count). The molecule has 0 saturated carbocycles. The van der Waals surface area contributed by atoms with Gasteiger partial charge in [-0.05, 0) is 18.2 Å². The van der Waals surface area contributed by atoms with Crippen molar-refractivity contribution in [3.8, 4) is 11.5 Å². The summed E-state index contributed by atoms with van der Waals surface area (Å²) >= 11 is 5.67. The zero-order valence-electron chi connectivity index (χ0n) is 9.39. The van der Waals surface area contributed by atoms with Gasteiger partial charge in [-0.2, -0.15) is 0 Å². The smallest absolute Gasteiger partial charge is 0.231 e. The Bertz CT molecular complexity index is 560. The van der Waals surface area contributed by atoms with Gasteiger partial charge in [0.2, 0.25) is 6.79 Å². The summed E-state index contributed by atoms with van der Waals surface area (Å²) in [6, 6.07) is 9.25. The van der Waals surface area contributed by atoms with Crippen LogP contribution >= 0.6 is 11.6 Å². The lowest BCUT2D eigenvalue weighted by Crippen LogP contribution is -2.03. The second-order valence-corrected chi connectivity index (χ2v) is 4.13. The molecule has 1 N–H and O–H groups in total. The summed E-state index contributed by atoms with van der Waals surface area (Å²) in [4.78, 5) is 0. The lowest BCUT2D eigenvalue weighted by molar-refractivity contribution is 0.173. The average Bonchev–Trinajstić information content (AvgIpc) is 2.87. The van der Waals surface area contributed by atoms with Gasteiger partial charge in [-0.15, -0.1) is 10.2 Å². The molecule has 1 aromatic carbocycles. The van der Waals surface area contributed by atoms with Crippen molar-refractivity contribution in [1.29, 1.82) is 0 Å². The lowest BCUT2D eigenvalue weighted by Gasteiger charge is -2.07. The van der Waals surface area contributed by atoms with Gasteiger partial charge < -0.3 is 14.8 Å². The molecule has 2 aromatic rings. The largest absolute Gasteiger partial charge is 0.454 e. The zero-order valence-corrected chi connectivity index (χ0v) is 10.1. The molecular weight excluding hydrogens is 254 g/mol. The first-order valence-electron chi connectivity index (χ1n) is 5.43. The number of ether oxygens (including phenoxy) is 2. The predicted octanol–water partition coefficient (Wildman–Crippen LogP) is 2.47. The molecule has 0 aliphatic carbocycles. The summed E-state index contributed by atoms with van der Waals surface area (Å²) in [6.07, 6.45) is 0. The molecular formula is C12H10ClN3O2. The average molecular weight is 264 g/mol. The fraction of sp³-hybridized carbons (Fsp3) is 0.167. The first-order chi connectivity index (χ1) is 8.83. The number of fused-ring (bicyclic) bond motifs is 1. The molecule has 1 aliphatic heterocycles. The molecule has 0 atom stereocenters. The van der Waals surface area contributed by atoms with E-state index in [1.165, 1.54) is 0 Å². The number of hydrogen-bond donors (Lipinski definition) is 1. The zero-order chi connectivity index (χ0) is 12.4. The summed E-state index contributed by atoms with van der Waals surface area (Å²) in [5.41, 5.74) is 1.02. The highest BCUT2D eigenvalue weighted by Gasteiger charge is 2.16. The van der Waals surface area contributed by atoms with E-state index in [-0.39, 0.29) is 6.79 Å². The summed E-state index contributed by atoms with van der Waals surface area (Å²) in [6.45, 7) is 0.857. The minimum atomic E-state index is 0.271. The van der Waals surface area contributed by atoms with Gasteiger partial charge in [0.1, 0.15) is 5.82 Å². The fourth-order valence-corrected chi connectivity index (χ4v) is 1.83. The highest BCUT2D eigenvalue weighted by molar-refractivity contribution is 6.29. The number of anilines is 1. The van der Waals surface area contributed by atoms with Crippen LogP contribution in [0.3, 0.4) is 0 Å². The monoisotopic (exact) mass is 263 g/mol. The molecule has 18 heavy (non-hydrogen) atoms. The standard InChI is InChI=1S/C12H10ClN3O2/c13-10-4-5-11(16-15-10)14-6-8-2-1-3-9-12(8)18-7-17-9/h1-5H,6-7H2,(H,14,16). The number of benzene rings is 1. The van der Waals surface area contributed by atoms with Gasteiger partial charge in [-0.3, -0.25) is 0 Å². The first kappa shape index (κ1) is 11.1. The van der Waals surface area contributed by atoms with Crippen molar-refractivity contribution in [1.82, 2.24) is 10.2 Å². The molecule has 2 heterocycles. The Hall–Kier alpha value is -2.01. The number of hydrogen-bond acceptors (Lipinski definition) is 5. The maximum atomic E-state index is 5.67. The van der Waals surface area contributed by atoms with Gasteiger partial charge in [-0.25, -0.2) is 0 Å². The molecule has 1 aromatic heterocycles. The van der Waals surface area contributed by atoms with E-state index in [1.807, 2.05) is 18.2 Å². The van der Waals surface area contributed by atoms with Crippen LogP contribution in [0, 0.1) is 0 Å². The van der Waals surface area contributed by atoms with Crippen LogP contribution < -0.4 is 14.8 Å². The molecule has 0 spiro atoms. The molecule has 0 bridgehead atoms. The Balaban J connectivity index is 1.74. The first-order valence-corrected chi connectivity index (χ1v) is 5.81. The van der Waals surface area contributed by atoms with Crippen LogP contribution in [0.1, 0.15) is 5.56 Å². The van der Waals surface area contributed by atoms with Crippen LogP contribution in [0.4, 0.5) is 5.82 Å². The minimum Gasteiger partial charge on any atom is -0.454 e. The number of para-hydroxylation sites is 1. The molecule has 0 radical (unpaired) electrons. The third kappa shape index (κ3) is 2.17. The SMILES string of the molecule is Clc1ccc(NCc2cccc3c2OCO3)nn1. The van der Waals surface area contributed by atoms with E-state index >= 15 is 0 Å². The number of halogens is 1. The molecule has 0 saturated heterocycles. The van der Waals surface area contributed by atoms with Crippen molar-refractivity contribution in [2.75, 3.05) is 12.1 Å². The number of nitrogens with zero attached hydrogens (tertiary/aromatic N) is 2. The molecule has 5 nitrogen and oxygen atoms in total. The van der Waals surface area contributed by atoms with Crippen LogP contribution in [-0.4, -0.2) is 17.0 Å². The Kier molecular flexibility index (Phi) is 2.90. The Morgan fingerprint density at radius 1 is 1.17 bits per heavy atom. The highest BCUT2D eigenvalue weighted by Crippen LogP contribution is 2.35. The second kappa shape index (κ2) is 4.70. The van der Waals surface area contributed by atoms with E-state index in [1.54, 1.807) is 12.1 Å². The van der Waals surface area contributed by atoms with E-state index in [0.717, 1.165) is 17.1 Å². The van der Waals surface area contributed by atoms with Crippen molar-refractivity contribution < 1.29 is 9.47 Å². The fourth-order valence-electron chi connectivity index (χ4n) is 1.73. The summed E-state index contributed by atoms with van der Waals surface area (Å²) in [5.74, 6) is 2.22. The molecule has 0 amide bonds. The maximum absolute atomic E-state index is 5.67. The predicted molar refractivity (Wildman–Crippen MR) is 66.9 cm³/mol. The van der Waals surface area contributed by atoms with E-state index in [2.05, 4.69) is 15.5 Å². The molecule has 0 fully saturated rings. The third-order valence-electron chi connectivity index (χ3n) is 2.57. The molecule has 0 unspecified atom stereocenters. The van der Waals surface area contributed by atoms with Crippen LogP contribution in [0.2, 0.25) is 5.15 Å². The topological polar surface area (TPSA) is 56.3 Å². The second-order valence-electron chi connectivity index (χ2n) is 3.75. The maximum Gasteiger partial charge on any atom is 0.231 e. The summed E-state index contributed by atoms with van der Waals surface area (Å²) in [5, 5.41) is 11.2. The highest BCUT2D eigenvalue weighted by atomic mass is 35.5. The number of rotatable bonds is 3. The van der Waals surface area contributed by atoms with E-state index in [4.69, 9.17) is 21.1 Å². The normalized spacial score (nSPS) is 12.5. The Morgan fingerprint density at radius 3 is 2.94 bits per heavy atom. The van der Waals surface area contributed by atoms with Crippen LogP contribution in [-0.2, 0) is 6.54 Å². The summed E-state index contributed by atoms with van der Waals surface area (Å²) < 4.78 is 10.7. The van der Waals surface area contributed by atoms with Crippen LogP contribution in [0.25, 0.3) is 0 Å². The minimum absolute atomic E-state index is 0.271. The number of aromatic nitrogens is 2. The van der Waals surface area contributed by atoms with Crippen molar-refractivity contribution in [3.63, 3.8) is 0 Å². The van der Waals surface area contributed by atoms with Crippen molar-refractivity contribution in [2.45, 2.75) is 6.54 Å². The van der Waals surface area contributed by atoms with E-state index in [9.17, 15) is 0 Å². The van der Waals surface area contributed by atoms with Gasteiger partial charge in [0.05, 0.1) is 0 Å². The number of nitrogens with one attached hydrogen (secondary N) is 1. The van der Waals surface area contributed by atoms with Gasteiger partial charge in [0.15, 0.2) is 16.7 Å². The molecule has 92 valence electrons. The Labute approximate surface area is 109 Å². The lowest BCUT2D eigenvalue weighted by atomic mass is 10.2. The van der Waals surface area contributed by atoms with Gasteiger partial charge >= 0.3 is 0 Å². The van der Waals surface area contributed by atoms with Gasteiger partial charge in [-0.1, -0.05) is 23.7 Å². The Morgan fingerprint density at radius 2 is 2.11 bits per heavy atom. The summed E-state index contributed by atoms with van der Waals surface area (Å²) in [7, 11) is 0. The van der Waals surface area contributed by atoms with Gasteiger partial charge in [0, 0.05) is 12.1 Å². The molecule has 1 aliphatic rings. The quantitative estimate of drug-likeness (QED) is 0.922. The third-order valence-corrected chi connectivity index (χ3v) is 2.77. The molecule has 6 heteroatoms. The van der Waals surface area contributed by atoms with Crippen molar-refractivity contribution >= 4 is 17.4 Å². The van der Waals surface area contributed by atoms with Gasteiger partial charge in [0.25, 0.3) is 0 Å².